The van der Waals surface area contributed by atoms with E-state index in [1.54, 1.807) is 18.2 Å². The SMILES string of the molecule is CCCN(CC1CCCCN1)C(=O)c1cc(Cl)cc(Cl)c1. The molecule has 5 heteroatoms. The minimum Gasteiger partial charge on any atom is -0.337 e. The topological polar surface area (TPSA) is 32.3 Å². The van der Waals surface area contributed by atoms with Crippen molar-refractivity contribution in [2.75, 3.05) is 19.6 Å². The normalized spacial score (nSPS) is 18.5. The van der Waals surface area contributed by atoms with Crippen molar-refractivity contribution in [1.82, 2.24) is 10.2 Å². The summed E-state index contributed by atoms with van der Waals surface area (Å²) in [6, 6.07) is 5.41. The number of amides is 1. The Bertz CT molecular complexity index is 467. The van der Waals surface area contributed by atoms with E-state index in [1.807, 2.05) is 4.90 Å². The van der Waals surface area contributed by atoms with Gasteiger partial charge in [0, 0.05) is 34.7 Å². The molecule has 116 valence electrons. The lowest BCUT2D eigenvalue weighted by atomic mass is 10.0. The maximum atomic E-state index is 12.7. The van der Waals surface area contributed by atoms with Gasteiger partial charge in [0.1, 0.15) is 0 Å². The summed E-state index contributed by atoms with van der Waals surface area (Å²) in [5.41, 5.74) is 0.566. The number of halogens is 2. The standard InChI is InChI=1S/C16H22Cl2N2O/c1-2-7-20(11-15-5-3-4-6-19-15)16(21)12-8-13(17)10-14(18)9-12/h8-10,15,19H,2-7,11H2,1H3. The van der Waals surface area contributed by atoms with Crippen LogP contribution in [0.3, 0.4) is 0 Å². The van der Waals surface area contributed by atoms with Crippen LogP contribution >= 0.6 is 23.2 Å². The van der Waals surface area contributed by atoms with Crippen LogP contribution in [0, 0.1) is 0 Å². The summed E-state index contributed by atoms with van der Waals surface area (Å²) in [5.74, 6) is 0.00798. The van der Waals surface area contributed by atoms with Gasteiger partial charge in [0.15, 0.2) is 0 Å². The molecule has 1 aliphatic heterocycles. The van der Waals surface area contributed by atoms with E-state index in [4.69, 9.17) is 23.2 Å². The summed E-state index contributed by atoms with van der Waals surface area (Å²) < 4.78 is 0. The van der Waals surface area contributed by atoms with E-state index < -0.39 is 0 Å². The molecule has 1 unspecified atom stereocenters. The monoisotopic (exact) mass is 328 g/mol. The molecule has 1 aromatic rings. The van der Waals surface area contributed by atoms with Crippen LogP contribution in [0.2, 0.25) is 10.0 Å². The summed E-state index contributed by atoms with van der Waals surface area (Å²) in [6.45, 7) is 4.62. The molecule has 1 N–H and O–H groups in total. The highest BCUT2D eigenvalue weighted by molar-refractivity contribution is 6.35. The second kappa shape index (κ2) is 8.02. The lowest BCUT2D eigenvalue weighted by Gasteiger charge is -2.30. The average Bonchev–Trinajstić information content (AvgIpc) is 2.46. The second-order valence-electron chi connectivity index (χ2n) is 5.56. The zero-order valence-corrected chi connectivity index (χ0v) is 13.9. The first kappa shape index (κ1) is 16.6. The number of benzene rings is 1. The van der Waals surface area contributed by atoms with Gasteiger partial charge in [0.2, 0.25) is 0 Å². The van der Waals surface area contributed by atoms with Crippen LogP contribution in [0.15, 0.2) is 18.2 Å². The molecule has 0 spiro atoms. The summed E-state index contributed by atoms with van der Waals surface area (Å²) in [6.07, 6.45) is 4.52. The Morgan fingerprint density at radius 2 is 2.00 bits per heavy atom. The van der Waals surface area contributed by atoms with E-state index in [2.05, 4.69) is 12.2 Å². The molecule has 1 amide bonds. The molecule has 3 nitrogen and oxygen atoms in total. The van der Waals surface area contributed by atoms with Gasteiger partial charge in [0.25, 0.3) is 5.91 Å². The maximum Gasteiger partial charge on any atom is 0.254 e. The first-order chi connectivity index (χ1) is 10.1. The van der Waals surface area contributed by atoms with Crippen molar-refractivity contribution >= 4 is 29.1 Å². The van der Waals surface area contributed by atoms with E-state index in [0.717, 1.165) is 32.5 Å². The van der Waals surface area contributed by atoms with E-state index in [1.165, 1.54) is 12.8 Å². The highest BCUT2D eigenvalue weighted by Gasteiger charge is 2.21. The maximum absolute atomic E-state index is 12.7. The third kappa shape index (κ3) is 4.87. The van der Waals surface area contributed by atoms with Crippen LogP contribution in [-0.2, 0) is 0 Å². The molecule has 0 radical (unpaired) electrons. The van der Waals surface area contributed by atoms with Crippen LogP contribution in [0.25, 0.3) is 0 Å². The third-order valence-corrected chi connectivity index (χ3v) is 4.18. The highest BCUT2D eigenvalue weighted by Crippen LogP contribution is 2.21. The smallest absolute Gasteiger partial charge is 0.254 e. The number of piperidine rings is 1. The minimum atomic E-state index is 0.00798. The summed E-state index contributed by atoms with van der Waals surface area (Å²) in [5, 5.41) is 4.49. The van der Waals surface area contributed by atoms with Crippen molar-refractivity contribution in [3.8, 4) is 0 Å². The van der Waals surface area contributed by atoms with Gasteiger partial charge in [-0.05, 0) is 44.0 Å². The van der Waals surface area contributed by atoms with E-state index in [0.29, 0.717) is 21.7 Å². The third-order valence-electron chi connectivity index (χ3n) is 3.74. The Morgan fingerprint density at radius 3 is 2.57 bits per heavy atom. The zero-order chi connectivity index (χ0) is 15.2. The van der Waals surface area contributed by atoms with Gasteiger partial charge in [-0.1, -0.05) is 36.5 Å². The van der Waals surface area contributed by atoms with E-state index in [-0.39, 0.29) is 5.91 Å². The summed E-state index contributed by atoms with van der Waals surface area (Å²) in [7, 11) is 0. The van der Waals surface area contributed by atoms with Gasteiger partial charge in [0.05, 0.1) is 0 Å². The number of hydrogen-bond acceptors (Lipinski definition) is 2. The summed E-state index contributed by atoms with van der Waals surface area (Å²) >= 11 is 12.0. The number of rotatable bonds is 5. The van der Waals surface area contributed by atoms with Crippen molar-refractivity contribution in [1.29, 1.82) is 0 Å². The lowest BCUT2D eigenvalue weighted by Crippen LogP contribution is -2.46. The quantitative estimate of drug-likeness (QED) is 0.886. The van der Waals surface area contributed by atoms with E-state index in [9.17, 15) is 4.79 Å². The molecular formula is C16H22Cl2N2O. The number of nitrogens with one attached hydrogen (secondary N) is 1. The van der Waals surface area contributed by atoms with Crippen molar-refractivity contribution < 1.29 is 4.79 Å². The first-order valence-electron chi connectivity index (χ1n) is 7.59. The molecular weight excluding hydrogens is 307 g/mol. The average molecular weight is 329 g/mol. The van der Waals surface area contributed by atoms with Crippen LogP contribution in [-0.4, -0.2) is 36.5 Å². The molecule has 0 bridgehead atoms. The lowest BCUT2D eigenvalue weighted by molar-refractivity contribution is 0.0731. The van der Waals surface area contributed by atoms with Crippen LogP contribution in [0.1, 0.15) is 43.0 Å². The second-order valence-corrected chi connectivity index (χ2v) is 6.43. The number of carbonyl (C=O) groups is 1. The molecule has 1 aromatic carbocycles. The first-order valence-corrected chi connectivity index (χ1v) is 8.34. The Balaban J connectivity index is 2.10. The van der Waals surface area contributed by atoms with Crippen molar-refractivity contribution in [3.63, 3.8) is 0 Å². The molecule has 21 heavy (non-hydrogen) atoms. The van der Waals surface area contributed by atoms with Crippen molar-refractivity contribution in [3.05, 3.63) is 33.8 Å². The van der Waals surface area contributed by atoms with Gasteiger partial charge in [-0.15, -0.1) is 0 Å². The van der Waals surface area contributed by atoms with Gasteiger partial charge < -0.3 is 10.2 Å². The zero-order valence-electron chi connectivity index (χ0n) is 12.4. The largest absolute Gasteiger partial charge is 0.337 e. The molecule has 0 saturated carbocycles. The molecule has 0 aromatic heterocycles. The van der Waals surface area contributed by atoms with Crippen molar-refractivity contribution in [2.24, 2.45) is 0 Å². The number of hydrogen-bond donors (Lipinski definition) is 1. The molecule has 1 heterocycles. The molecule has 1 saturated heterocycles. The van der Waals surface area contributed by atoms with Crippen LogP contribution in [0.5, 0.6) is 0 Å². The molecule has 1 aliphatic rings. The Hall–Kier alpha value is -0.770. The Labute approximate surface area is 136 Å². The molecule has 1 fully saturated rings. The fourth-order valence-electron chi connectivity index (χ4n) is 2.75. The van der Waals surface area contributed by atoms with Crippen molar-refractivity contribution in [2.45, 2.75) is 38.6 Å². The Kier molecular flexibility index (Phi) is 6.34. The highest BCUT2D eigenvalue weighted by atomic mass is 35.5. The van der Waals surface area contributed by atoms with Crippen LogP contribution < -0.4 is 5.32 Å². The van der Waals surface area contributed by atoms with Crippen LogP contribution in [0.4, 0.5) is 0 Å². The predicted molar refractivity (Wildman–Crippen MR) is 88.3 cm³/mol. The molecule has 1 atom stereocenters. The number of nitrogens with zero attached hydrogens (tertiary/aromatic N) is 1. The molecule has 0 aliphatic carbocycles. The van der Waals surface area contributed by atoms with E-state index >= 15 is 0 Å². The van der Waals surface area contributed by atoms with Gasteiger partial charge in [-0.25, -0.2) is 0 Å². The fourth-order valence-corrected chi connectivity index (χ4v) is 3.28. The van der Waals surface area contributed by atoms with Gasteiger partial charge in [-0.2, -0.15) is 0 Å². The fraction of sp³-hybridized carbons (Fsp3) is 0.562. The predicted octanol–water partition coefficient (Wildman–Crippen LogP) is 3.99. The number of carbonyl (C=O) groups excluding carboxylic acids is 1. The minimum absolute atomic E-state index is 0.00798. The Morgan fingerprint density at radius 1 is 1.29 bits per heavy atom. The molecule has 2 rings (SSSR count). The van der Waals surface area contributed by atoms with Gasteiger partial charge in [-0.3, -0.25) is 4.79 Å². The summed E-state index contributed by atoms with van der Waals surface area (Å²) in [4.78, 5) is 14.6. The van der Waals surface area contributed by atoms with Gasteiger partial charge >= 0.3 is 0 Å².